The molecule has 1 aliphatic rings. The van der Waals surface area contributed by atoms with E-state index >= 15 is 0 Å². The molecule has 7 nitrogen and oxygen atoms in total. The Labute approximate surface area is 235 Å². The van der Waals surface area contributed by atoms with Crippen molar-refractivity contribution >= 4 is 36.2 Å². The summed E-state index contributed by atoms with van der Waals surface area (Å²) >= 11 is 1.36. The van der Waals surface area contributed by atoms with E-state index in [0.29, 0.717) is 18.8 Å². The maximum absolute atomic E-state index is 13.0. The minimum atomic E-state index is -0.685. The molecule has 0 saturated heterocycles. The van der Waals surface area contributed by atoms with Crippen molar-refractivity contribution < 1.29 is 19.4 Å². The summed E-state index contributed by atoms with van der Waals surface area (Å²) in [7, 11) is 0. The number of fused-ring (bicyclic) bond motifs is 1. The number of hydrogen-bond donors (Lipinski definition) is 1. The van der Waals surface area contributed by atoms with Crippen LogP contribution in [0.1, 0.15) is 65.3 Å². The van der Waals surface area contributed by atoms with Gasteiger partial charge in [-0.1, -0.05) is 49.1 Å². The molecule has 2 aromatic rings. The van der Waals surface area contributed by atoms with Crippen LogP contribution in [0, 0.1) is 0 Å². The van der Waals surface area contributed by atoms with Crippen molar-refractivity contribution in [1.29, 1.82) is 0 Å². The van der Waals surface area contributed by atoms with Crippen LogP contribution in [0.3, 0.4) is 0 Å². The van der Waals surface area contributed by atoms with Crippen molar-refractivity contribution in [2.45, 2.75) is 72.5 Å². The fraction of sp³-hybridized carbons (Fsp3) is 0.355. The lowest BCUT2D eigenvalue weighted by atomic mass is 9.99. The fourth-order valence-corrected chi connectivity index (χ4v) is 4.26. The zero-order valence-corrected chi connectivity index (χ0v) is 24.4. The van der Waals surface area contributed by atoms with Gasteiger partial charge in [0.05, 0.1) is 29.1 Å². The first-order valence-corrected chi connectivity index (χ1v) is 13.9. The number of carbonyl (C=O) groups excluding carboxylic acids is 1. The number of nitrogens with zero attached hydrogens (tertiary/aromatic N) is 3. The van der Waals surface area contributed by atoms with Gasteiger partial charge in [0.15, 0.2) is 0 Å². The number of allylic oxidation sites excluding steroid dienone is 2. The van der Waals surface area contributed by atoms with E-state index in [1.165, 1.54) is 16.8 Å². The Bertz CT molecular complexity index is 1360. The zero-order chi connectivity index (χ0) is 28.6. The molecule has 0 spiro atoms. The third-order valence-electron chi connectivity index (χ3n) is 5.76. The molecule has 1 atom stereocenters. The van der Waals surface area contributed by atoms with Gasteiger partial charge < -0.3 is 19.1 Å². The molecular weight excluding hydrogens is 510 g/mol. The number of rotatable bonds is 10. The van der Waals surface area contributed by atoms with Crippen molar-refractivity contribution in [1.82, 2.24) is 9.58 Å². The smallest absolute Gasteiger partial charge is 0.435 e. The maximum atomic E-state index is 13.0. The molecule has 0 radical (unpaired) electrons. The molecule has 39 heavy (non-hydrogen) atoms. The molecule has 1 aromatic heterocycles. The summed E-state index contributed by atoms with van der Waals surface area (Å²) in [5.41, 5.74) is 2.46. The number of aliphatic hydroxyl groups excluding tert-OH is 1. The van der Waals surface area contributed by atoms with E-state index in [0.717, 1.165) is 27.4 Å². The maximum Gasteiger partial charge on any atom is 0.435 e. The van der Waals surface area contributed by atoms with E-state index < -0.39 is 17.8 Å². The van der Waals surface area contributed by atoms with Gasteiger partial charge in [-0.3, -0.25) is 0 Å². The standard InChI is InChI=1S/C31H39N3O4S/c1-8-39-20-23(4)34(30(36)38-31(5,6)7)32-19-27-18-26-15-14-25(29(35)24-12-10-9-11-13-24)16-17-28(26)33(27)21-37-22(2)3/h8-13,15-20,22,29,35H,1,14,21H2,2-7H3/b23-20+,32-19+. The quantitative estimate of drug-likeness (QED) is 0.299. The van der Waals surface area contributed by atoms with Crippen LogP contribution in [0.25, 0.3) is 12.2 Å². The number of amides is 1. The van der Waals surface area contributed by atoms with Crippen LogP contribution in [-0.2, 0) is 16.2 Å². The largest absolute Gasteiger partial charge is 0.442 e. The third kappa shape index (κ3) is 8.58. The SMILES string of the molecule is C=CS/C=C(\C)N(/N=C/c1cc2c(n1COC(C)C)=CC=C(C(O)c1ccccc1)CC=2)C(=O)OC(C)(C)C. The lowest BCUT2D eigenvalue weighted by molar-refractivity contribution is 0.0272. The normalized spacial score (nSPS) is 14.7. The number of benzene rings is 1. The lowest BCUT2D eigenvalue weighted by Crippen LogP contribution is -2.33. The molecule has 0 saturated carbocycles. The van der Waals surface area contributed by atoms with Crippen LogP contribution < -0.4 is 10.6 Å². The topological polar surface area (TPSA) is 76.3 Å². The van der Waals surface area contributed by atoms with E-state index in [-0.39, 0.29) is 6.10 Å². The monoisotopic (exact) mass is 549 g/mol. The molecule has 1 aromatic carbocycles. The molecule has 0 fully saturated rings. The number of thioether (sulfide) groups is 1. The summed E-state index contributed by atoms with van der Waals surface area (Å²) in [4.78, 5) is 13.0. The minimum Gasteiger partial charge on any atom is -0.442 e. The van der Waals surface area contributed by atoms with E-state index in [4.69, 9.17) is 9.47 Å². The molecular formula is C31H39N3O4S. The second-order valence-corrected chi connectivity index (χ2v) is 11.3. The first-order chi connectivity index (χ1) is 18.5. The van der Waals surface area contributed by atoms with E-state index in [1.807, 2.05) is 87.7 Å². The average molecular weight is 550 g/mol. The Morgan fingerprint density at radius 1 is 1.26 bits per heavy atom. The Morgan fingerprint density at radius 3 is 2.62 bits per heavy atom. The van der Waals surface area contributed by atoms with Gasteiger partial charge in [-0.05, 0) is 87.3 Å². The Kier molecular flexibility index (Phi) is 10.6. The van der Waals surface area contributed by atoms with Gasteiger partial charge in [0.25, 0.3) is 0 Å². The number of ether oxygens (including phenoxy) is 2. The van der Waals surface area contributed by atoms with Crippen molar-refractivity contribution in [3.05, 3.63) is 93.0 Å². The fourth-order valence-electron chi connectivity index (χ4n) is 3.87. The van der Waals surface area contributed by atoms with E-state index in [2.05, 4.69) is 17.8 Å². The predicted octanol–water partition coefficient (Wildman–Crippen LogP) is 5.80. The van der Waals surface area contributed by atoms with Gasteiger partial charge in [-0.25, -0.2) is 4.79 Å². The summed E-state index contributed by atoms with van der Waals surface area (Å²) < 4.78 is 13.6. The van der Waals surface area contributed by atoms with Gasteiger partial charge in [-0.2, -0.15) is 10.1 Å². The second kappa shape index (κ2) is 13.6. The third-order valence-corrected chi connectivity index (χ3v) is 6.43. The molecule has 0 bridgehead atoms. The lowest BCUT2D eigenvalue weighted by Gasteiger charge is -2.24. The molecule has 8 heteroatoms. The number of hydrazone groups is 1. The first kappa shape index (κ1) is 30.2. The van der Waals surface area contributed by atoms with Gasteiger partial charge in [0.1, 0.15) is 18.4 Å². The van der Waals surface area contributed by atoms with Crippen molar-refractivity contribution in [2.75, 3.05) is 0 Å². The number of hydrogen-bond acceptors (Lipinski definition) is 6. The van der Waals surface area contributed by atoms with Crippen LogP contribution in [-0.4, -0.2) is 38.7 Å². The summed E-state index contributed by atoms with van der Waals surface area (Å²) in [5, 5.41) is 22.1. The van der Waals surface area contributed by atoms with Crippen molar-refractivity contribution in [3.63, 3.8) is 0 Å². The highest BCUT2D eigenvalue weighted by Crippen LogP contribution is 2.25. The van der Waals surface area contributed by atoms with E-state index in [9.17, 15) is 9.90 Å². The highest BCUT2D eigenvalue weighted by molar-refractivity contribution is 8.04. The highest BCUT2D eigenvalue weighted by atomic mass is 32.2. The average Bonchev–Trinajstić information content (AvgIpc) is 3.07. The molecule has 1 amide bonds. The summed E-state index contributed by atoms with van der Waals surface area (Å²) in [6, 6.07) is 11.6. The Balaban J connectivity index is 2.03. The first-order valence-electron chi connectivity index (χ1n) is 13.0. The molecule has 1 heterocycles. The van der Waals surface area contributed by atoms with Crippen LogP contribution >= 0.6 is 11.8 Å². The molecule has 1 unspecified atom stereocenters. The number of carbonyl (C=O) groups is 1. The number of aromatic nitrogens is 1. The van der Waals surface area contributed by atoms with Gasteiger partial charge >= 0.3 is 6.09 Å². The van der Waals surface area contributed by atoms with Crippen molar-refractivity contribution in [2.24, 2.45) is 5.10 Å². The Hall–Kier alpha value is -3.33. The molecule has 0 aliphatic heterocycles. The molecule has 1 N–H and O–H groups in total. The molecule has 1 aliphatic carbocycles. The zero-order valence-electron chi connectivity index (χ0n) is 23.6. The van der Waals surface area contributed by atoms with Crippen LogP contribution in [0.4, 0.5) is 4.79 Å². The summed E-state index contributed by atoms with van der Waals surface area (Å²) in [6.45, 7) is 15.2. The molecule has 3 rings (SSSR count). The van der Waals surface area contributed by atoms with Gasteiger partial charge in [0, 0.05) is 0 Å². The minimum absolute atomic E-state index is 0.0213. The van der Waals surface area contributed by atoms with Gasteiger partial charge in [-0.15, -0.1) is 11.8 Å². The molecule has 208 valence electrons. The second-order valence-electron chi connectivity index (χ2n) is 10.4. The summed E-state index contributed by atoms with van der Waals surface area (Å²) in [6.07, 6.45) is 7.06. The van der Waals surface area contributed by atoms with E-state index in [1.54, 1.807) is 24.0 Å². The van der Waals surface area contributed by atoms with Gasteiger partial charge in [0.2, 0.25) is 0 Å². The highest BCUT2D eigenvalue weighted by Gasteiger charge is 2.23. The van der Waals surface area contributed by atoms with Crippen molar-refractivity contribution in [3.8, 4) is 0 Å². The van der Waals surface area contributed by atoms with Crippen LogP contribution in [0.15, 0.2) is 76.2 Å². The summed E-state index contributed by atoms with van der Waals surface area (Å²) in [5.74, 6) is 0. The van der Waals surface area contributed by atoms with Crippen LogP contribution in [0.2, 0.25) is 0 Å². The predicted molar refractivity (Wildman–Crippen MR) is 160 cm³/mol. The van der Waals surface area contributed by atoms with Crippen LogP contribution in [0.5, 0.6) is 0 Å². The number of aliphatic hydroxyl groups is 1. The Morgan fingerprint density at radius 2 is 1.97 bits per heavy atom.